The summed E-state index contributed by atoms with van der Waals surface area (Å²) in [5.74, 6) is 0. The SMILES string of the molecule is c1ccc(C2CNC[C@@H]3CCCN23)nc1. The van der Waals surface area contributed by atoms with E-state index in [0.29, 0.717) is 6.04 Å². The first-order chi connectivity index (χ1) is 7.45. The van der Waals surface area contributed by atoms with E-state index in [0.717, 1.165) is 19.1 Å². The van der Waals surface area contributed by atoms with Gasteiger partial charge in [0.05, 0.1) is 11.7 Å². The molecule has 0 aliphatic carbocycles. The van der Waals surface area contributed by atoms with Gasteiger partial charge in [-0.1, -0.05) is 6.07 Å². The predicted octanol–water partition coefficient (Wildman–Crippen LogP) is 1.19. The highest BCUT2D eigenvalue weighted by atomic mass is 15.3. The molecule has 15 heavy (non-hydrogen) atoms. The minimum atomic E-state index is 0.493. The molecule has 2 aliphatic rings. The molecule has 0 amide bonds. The topological polar surface area (TPSA) is 28.2 Å². The largest absolute Gasteiger partial charge is 0.313 e. The van der Waals surface area contributed by atoms with E-state index < -0.39 is 0 Å². The van der Waals surface area contributed by atoms with Gasteiger partial charge in [-0.2, -0.15) is 0 Å². The maximum absolute atomic E-state index is 4.48. The molecule has 0 spiro atoms. The maximum Gasteiger partial charge on any atom is 0.0649 e. The third kappa shape index (κ3) is 1.66. The minimum absolute atomic E-state index is 0.493. The average Bonchev–Trinajstić information content (AvgIpc) is 2.78. The number of rotatable bonds is 1. The van der Waals surface area contributed by atoms with Gasteiger partial charge in [-0.3, -0.25) is 9.88 Å². The van der Waals surface area contributed by atoms with E-state index in [4.69, 9.17) is 0 Å². The summed E-state index contributed by atoms with van der Waals surface area (Å²) in [5, 5.41) is 3.52. The molecule has 3 rings (SSSR count). The second kappa shape index (κ2) is 3.91. The highest BCUT2D eigenvalue weighted by Gasteiger charge is 2.34. The number of hydrogen-bond donors (Lipinski definition) is 1. The Morgan fingerprint density at radius 2 is 2.33 bits per heavy atom. The smallest absolute Gasteiger partial charge is 0.0649 e. The zero-order valence-corrected chi connectivity index (χ0v) is 8.89. The van der Waals surface area contributed by atoms with Crippen LogP contribution in [0, 0.1) is 0 Å². The van der Waals surface area contributed by atoms with E-state index in [-0.39, 0.29) is 0 Å². The van der Waals surface area contributed by atoms with Gasteiger partial charge in [0.25, 0.3) is 0 Å². The summed E-state index contributed by atoms with van der Waals surface area (Å²) in [6, 6.07) is 7.45. The molecule has 3 nitrogen and oxygen atoms in total. The standard InChI is InChI=1S/C12H17N3/c1-2-6-14-11(5-1)12-9-13-8-10-4-3-7-15(10)12/h1-2,5-6,10,12-13H,3-4,7-9H2/t10-,12?/m0/s1. The lowest BCUT2D eigenvalue weighted by Crippen LogP contribution is -2.49. The summed E-state index contributed by atoms with van der Waals surface area (Å²) < 4.78 is 0. The summed E-state index contributed by atoms with van der Waals surface area (Å²) in [4.78, 5) is 7.10. The van der Waals surface area contributed by atoms with Crippen molar-refractivity contribution in [3.8, 4) is 0 Å². The molecule has 0 saturated carbocycles. The Hall–Kier alpha value is -0.930. The Labute approximate surface area is 90.5 Å². The summed E-state index contributed by atoms with van der Waals surface area (Å²) in [6.07, 6.45) is 4.58. The molecule has 1 aromatic heterocycles. The van der Waals surface area contributed by atoms with Gasteiger partial charge in [-0.25, -0.2) is 0 Å². The van der Waals surface area contributed by atoms with Gasteiger partial charge in [0.2, 0.25) is 0 Å². The maximum atomic E-state index is 4.48. The number of pyridine rings is 1. The van der Waals surface area contributed by atoms with Crippen LogP contribution in [-0.4, -0.2) is 35.6 Å². The molecular formula is C12H17N3. The van der Waals surface area contributed by atoms with Crippen molar-refractivity contribution >= 4 is 0 Å². The lowest BCUT2D eigenvalue weighted by atomic mass is 10.1. The highest BCUT2D eigenvalue weighted by molar-refractivity contribution is 5.12. The summed E-state index contributed by atoms with van der Waals surface area (Å²) >= 11 is 0. The number of nitrogens with zero attached hydrogens (tertiary/aromatic N) is 2. The molecule has 80 valence electrons. The van der Waals surface area contributed by atoms with Crippen molar-refractivity contribution in [3.63, 3.8) is 0 Å². The molecule has 2 atom stereocenters. The van der Waals surface area contributed by atoms with Crippen LogP contribution < -0.4 is 5.32 Å². The van der Waals surface area contributed by atoms with Gasteiger partial charge in [-0.15, -0.1) is 0 Å². The average molecular weight is 203 g/mol. The molecule has 0 radical (unpaired) electrons. The van der Waals surface area contributed by atoms with Crippen LogP contribution in [0.5, 0.6) is 0 Å². The van der Waals surface area contributed by atoms with Crippen molar-refractivity contribution in [2.24, 2.45) is 0 Å². The molecule has 3 heteroatoms. The number of fused-ring (bicyclic) bond motifs is 1. The predicted molar refractivity (Wildman–Crippen MR) is 59.6 cm³/mol. The summed E-state index contributed by atoms with van der Waals surface area (Å²) in [5.41, 5.74) is 1.22. The van der Waals surface area contributed by atoms with Crippen molar-refractivity contribution in [1.29, 1.82) is 0 Å². The van der Waals surface area contributed by atoms with Crippen LogP contribution in [0.15, 0.2) is 24.4 Å². The normalized spacial score (nSPS) is 31.5. The monoisotopic (exact) mass is 203 g/mol. The van der Waals surface area contributed by atoms with Crippen molar-refractivity contribution in [2.45, 2.75) is 24.9 Å². The van der Waals surface area contributed by atoms with E-state index in [1.54, 1.807) is 0 Å². The second-order valence-corrected chi connectivity index (χ2v) is 4.46. The Bertz CT molecular complexity index is 325. The van der Waals surface area contributed by atoms with Gasteiger partial charge >= 0.3 is 0 Å². The van der Waals surface area contributed by atoms with Crippen molar-refractivity contribution in [3.05, 3.63) is 30.1 Å². The fraction of sp³-hybridized carbons (Fsp3) is 0.583. The van der Waals surface area contributed by atoms with Crippen LogP contribution in [0.25, 0.3) is 0 Å². The zero-order valence-electron chi connectivity index (χ0n) is 8.89. The van der Waals surface area contributed by atoms with Crippen LogP contribution in [0.2, 0.25) is 0 Å². The van der Waals surface area contributed by atoms with E-state index in [1.807, 2.05) is 12.3 Å². The van der Waals surface area contributed by atoms with Crippen molar-refractivity contribution in [2.75, 3.05) is 19.6 Å². The number of aromatic nitrogens is 1. The van der Waals surface area contributed by atoms with Gasteiger partial charge in [0.1, 0.15) is 0 Å². The van der Waals surface area contributed by atoms with E-state index in [1.165, 1.54) is 25.1 Å². The third-order valence-corrected chi connectivity index (χ3v) is 3.57. The highest BCUT2D eigenvalue weighted by Crippen LogP contribution is 2.30. The van der Waals surface area contributed by atoms with Crippen molar-refractivity contribution < 1.29 is 0 Å². The Morgan fingerprint density at radius 3 is 3.20 bits per heavy atom. The molecule has 1 unspecified atom stereocenters. The van der Waals surface area contributed by atoms with Crippen LogP contribution in [0.3, 0.4) is 0 Å². The molecule has 3 heterocycles. The number of hydrogen-bond acceptors (Lipinski definition) is 3. The molecule has 0 aromatic carbocycles. The Kier molecular flexibility index (Phi) is 2.43. The number of nitrogens with one attached hydrogen (secondary N) is 1. The lowest BCUT2D eigenvalue weighted by molar-refractivity contribution is 0.135. The molecule has 2 saturated heterocycles. The first-order valence-electron chi connectivity index (χ1n) is 5.82. The third-order valence-electron chi connectivity index (χ3n) is 3.57. The Balaban J connectivity index is 1.85. The van der Waals surface area contributed by atoms with E-state index in [9.17, 15) is 0 Å². The molecule has 1 N–H and O–H groups in total. The van der Waals surface area contributed by atoms with Gasteiger partial charge < -0.3 is 5.32 Å². The van der Waals surface area contributed by atoms with E-state index >= 15 is 0 Å². The molecule has 0 bridgehead atoms. The summed E-state index contributed by atoms with van der Waals surface area (Å²) in [6.45, 7) is 3.45. The fourth-order valence-electron chi connectivity index (χ4n) is 2.84. The first-order valence-corrected chi connectivity index (χ1v) is 5.82. The quantitative estimate of drug-likeness (QED) is 0.743. The Morgan fingerprint density at radius 1 is 1.33 bits per heavy atom. The molecule has 1 aromatic rings. The first kappa shape index (κ1) is 9.31. The number of piperazine rings is 1. The zero-order chi connectivity index (χ0) is 10.1. The second-order valence-electron chi connectivity index (χ2n) is 4.46. The van der Waals surface area contributed by atoms with Crippen LogP contribution >= 0.6 is 0 Å². The van der Waals surface area contributed by atoms with Gasteiger partial charge in [0, 0.05) is 25.3 Å². The summed E-state index contributed by atoms with van der Waals surface area (Å²) in [7, 11) is 0. The minimum Gasteiger partial charge on any atom is -0.313 e. The van der Waals surface area contributed by atoms with Gasteiger partial charge in [0.15, 0.2) is 0 Å². The molecular weight excluding hydrogens is 186 g/mol. The van der Waals surface area contributed by atoms with Crippen LogP contribution in [0.1, 0.15) is 24.6 Å². The van der Waals surface area contributed by atoms with Crippen LogP contribution in [-0.2, 0) is 0 Å². The van der Waals surface area contributed by atoms with E-state index in [2.05, 4.69) is 27.3 Å². The van der Waals surface area contributed by atoms with Gasteiger partial charge in [-0.05, 0) is 31.5 Å². The lowest BCUT2D eigenvalue weighted by Gasteiger charge is -2.37. The van der Waals surface area contributed by atoms with Crippen LogP contribution in [0.4, 0.5) is 0 Å². The molecule has 2 aliphatic heterocycles. The molecule has 2 fully saturated rings. The fourth-order valence-corrected chi connectivity index (χ4v) is 2.84. The van der Waals surface area contributed by atoms with Crippen molar-refractivity contribution in [1.82, 2.24) is 15.2 Å².